The van der Waals surface area contributed by atoms with Gasteiger partial charge in [-0.05, 0) is 47.2 Å². The summed E-state index contributed by atoms with van der Waals surface area (Å²) in [5.41, 5.74) is 3.51. The topological polar surface area (TPSA) is 17.0 Å². The van der Waals surface area contributed by atoms with E-state index in [4.69, 9.17) is 0 Å². The summed E-state index contributed by atoms with van der Waals surface area (Å²) in [5.74, 6) is 0. The Kier molecular flexibility index (Phi) is 6.39. The van der Waals surface area contributed by atoms with Gasteiger partial charge < -0.3 is 9.88 Å². The lowest BCUT2D eigenvalue weighted by Crippen LogP contribution is -2.13. The summed E-state index contributed by atoms with van der Waals surface area (Å²) in [6, 6.07) is 22.2. The molecule has 2 nitrogen and oxygen atoms in total. The van der Waals surface area contributed by atoms with Gasteiger partial charge in [0.05, 0.1) is 5.56 Å². The third kappa shape index (κ3) is 5.14. The first kappa shape index (κ1) is 21.5. The number of rotatable bonds is 7. The number of alkyl halides is 3. The molecule has 0 amide bonds. The maximum absolute atomic E-state index is 13.0. The molecular weight excluding hydrogens is 417 g/mol. The van der Waals surface area contributed by atoms with Gasteiger partial charge in [-0.15, -0.1) is 11.8 Å². The van der Waals surface area contributed by atoms with Crippen LogP contribution in [0.3, 0.4) is 0 Å². The predicted molar refractivity (Wildman–Crippen MR) is 121 cm³/mol. The van der Waals surface area contributed by atoms with Gasteiger partial charge in [0.2, 0.25) is 0 Å². The summed E-state index contributed by atoms with van der Waals surface area (Å²) in [6.45, 7) is 1.72. The molecule has 0 aliphatic carbocycles. The molecule has 0 unspecified atom stereocenters. The zero-order chi connectivity index (χ0) is 21.8. The highest BCUT2D eigenvalue weighted by Gasteiger charge is 2.30. The van der Waals surface area contributed by atoms with Crippen molar-refractivity contribution in [2.45, 2.75) is 30.7 Å². The maximum atomic E-state index is 13.0. The number of nitrogens with one attached hydrogen (secondary N) is 1. The van der Waals surface area contributed by atoms with Crippen molar-refractivity contribution in [3.8, 4) is 0 Å². The van der Waals surface area contributed by atoms with Gasteiger partial charge in [0.1, 0.15) is 0 Å². The molecule has 0 spiro atoms. The Morgan fingerprint density at radius 1 is 0.871 bits per heavy atom. The number of hydrogen-bond acceptors (Lipinski definition) is 2. The van der Waals surface area contributed by atoms with Crippen LogP contribution in [0.2, 0.25) is 0 Å². The van der Waals surface area contributed by atoms with E-state index in [2.05, 4.69) is 46.4 Å². The number of nitrogens with zero attached hydrogens (tertiary/aromatic N) is 1. The van der Waals surface area contributed by atoms with E-state index in [0.717, 1.165) is 23.7 Å². The van der Waals surface area contributed by atoms with Crippen LogP contribution in [0.1, 0.15) is 22.3 Å². The van der Waals surface area contributed by atoms with E-state index in [1.807, 2.05) is 24.5 Å². The van der Waals surface area contributed by atoms with Crippen molar-refractivity contribution < 1.29 is 13.2 Å². The lowest BCUT2D eigenvalue weighted by Gasteiger charge is -2.09. The lowest BCUT2D eigenvalue weighted by atomic mass is 10.1. The van der Waals surface area contributed by atoms with Crippen LogP contribution in [0, 0.1) is 0 Å². The number of fused-ring (bicyclic) bond motifs is 1. The molecule has 0 fully saturated rings. The monoisotopic (exact) mass is 440 g/mol. The van der Waals surface area contributed by atoms with Gasteiger partial charge in [-0.2, -0.15) is 13.2 Å². The smallest absolute Gasteiger partial charge is 0.343 e. The van der Waals surface area contributed by atoms with E-state index in [1.165, 1.54) is 28.0 Å². The first-order valence-electron chi connectivity index (χ1n) is 10.0. The largest absolute Gasteiger partial charge is 0.416 e. The first-order chi connectivity index (χ1) is 14.9. The summed E-state index contributed by atoms with van der Waals surface area (Å²) in [4.78, 5) is 1.18. The maximum Gasteiger partial charge on any atom is 0.416 e. The van der Waals surface area contributed by atoms with Crippen molar-refractivity contribution in [3.05, 3.63) is 101 Å². The standard InChI is InChI=1S/C25H23F3N2S/c1-31-22-10-11-24-23(13-22)20(17-30(24)16-18-6-3-2-4-7-18)15-29-14-19-8-5-9-21(12-19)25(26,27)28/h2-13,17,29H,14-16H2,1H3. The predicted octanol–water partition coefficient (Wildman–Crippen LogP) is 6.72. The van der Waals surface area contributed by atoms with Crippen molar-refractivity contribution in [1.82, 2.24) is 9.88 Å². The molecule has 0 aliphatic heterocycles. The van der Waals surface area contributed by atoms with Gasteiger partial charge in [-0.25, -0.2) is 0 Å². The highest BCUT2D eigenvalue weighted by atomic mass is 32.2. The van der Waals surface area contributed by atoms with Crippen molar-refractivity contribution in [1.29, 1.82) is 0 Å². The van der Waals surface area contributed by atoms with Gasteiger partial charge in [-0.1, -0.05) is 48.5 Å². The second-order valence-electron chi connectivity index (χ2n) is 7.45. The van der Waals surface area contributed by atoms with Gasteiger partial charge >= 0.3 is 6.18 Å². The fourth-order valence-corrected chi connectivity index (χ4v) is 4.17. The molecule has 4 rings (SSSR count). The Morgan fingerprint density at radius 2 is 1.65 bits per heavy atom. The van der Waals surface area contributed by atoms with Crippen LogP contribution in [0.15, 0.2) is 83.9 Å². The van der Waals surface area contributed by atoms with Gasteiger partial charge in [0.15, 0.2) is 0 Å². The minimum Gasteiger partial charge on any atom is -0.343 e. The molecule has 0 aliphatic rings. The SMILES string of the molecule is CSc1ccc2c(c1)c(CNCc1cccc(C(F)(F)F)c1)cn2Cc1ccccc1. The molecule has 0 atom stereocenters. The minimum atomic E-state index is -4.32. The normalized spacial score (nSPS) is 11.9. The highest BCUT2D eigenvalue weighted by molar-refractivity contribution is 7.98. The average molecular weight is 441 g/mol. The van der Waals surface area contributed by atoms with E-state index in [0.29, 0.717) is 18.7 Å². The molecule has 1 heterocycles. The molecule has 6 heteroatoms. The van der Waals surface area contributed by atoms with Crippen molar-refractivity contribution in [3.63, 3.8) is 0 Å². The van der Waals surface area contributed by atoms with E-state index in [9.17, 15) is 13.2 Å². The first-order valence-corrected chi connectivity index (χ1v) is 11.2. The molecule has 0 bridgehead atoms. The molecule has 4 aromatic rings. The second-order valence-corrected chi connectivity index (χ2v) is 8.33. The summed E-state index contributed by atoms with van der Waals surface area (Å²) < 4.78 is 41.1. The Morgan fingerprint density at radius 3 is 2.39 bits per heavy atom. The molecule has 160 valence electrons. The molecule has 1 N–H and O–H groups in total. The van der Waals surface area contributed by atoms with Crippen LogP contribution in [0.4, 0.5) is 13.2 Å². The summed E-state index contributed by atoms with van der Waals surface area (Å²) >= 11 is 1.69. The minimum absolute atomic E-state index is 0.373. The molecule has 0 radical (unpaired) electrons. The van der Waals surface area contributed by atoms with Crippen LogP contribution >= 0.6 is 11.8 Å². The average Bonchev–Trinajstić information content (AvgIpc) is 3.10. The second kappa shape index (κ2) is 9.20. The summed E-state index contributed by atoms with van der Waals surface area (Å²) in [7, 11) is 0. The zero-order valence-electron chi connectivity index (χ0n) is 17.1. The van der Waals surface area contributed by atoms with Gasteiger partial charge in [0, 0.05) is 41.6 Å². The molecule has 31 heavy (non-hydrogen) atoms. The highest BCUT2D eigenvalue weighted by Crippen LogP contribution is 2.30. The Balaban J connectivity index is 1.55. The molecule has 3 aromatic carbocycles. The fourth-order valence-electron chi connectivity index (χ4n) is 3.73. The van der Waals surface area contributed by atoms with E-state index in [1.54, 1.807) is 17.8 Å². The quantitative estimate of drug-likeness (QED) is 0.321. The number of halogens is 3. The number of thioether (sulfide) groups is 1. The fraction of sp³-hybridized carbons (Fsp3) is 0.200. The lowest BCUT2D eigenvalue weighted by molar-refractivity contribution is -0.137. The summed E-state index contributed by atoms with van der Waals surface area (Å²) in [5, 5.41) is 4.48. The van der Waals surface area contributed by atoms with Crippen molar-refractivity contribution in [2.75, 3.05) is 6.26 Å². The van der Waals surface area contributed by atoms with Gasteiger partial charge in [0.25, 0.3) is 0 Å². The van der Waals surface area contributed by atoms with Crippen LogP contribution in [0.5, 0.6) is 0 Å². The Bertz CT molecular complexity index is 1170. The van der Waals surface area contributed by atoms with Crippen molar-refractivity contribution in [2.24, 2.45) is 0 Å². The van der Waals surface area contributed by atoms with E-state index in [-0.39, 0.29) is 0 Å². The summed E-state index contributed by atoms with van der Waals surface area (Å²) in [6.07, 6.45) is -0.135. The Hall–Kier alpha value is -2.70. The van der Waals surface area contributed by atoms with E-state index < -0.39 is 11.7 Å². The molecule has 0 saturated heterocycles. The van der Waals surface area contributed by atoms with Crippen LogP contribution < -0.4 is 5.32 Å². The number of aromatic nitrogens is 1. The molecule has 1 aromatic heterocycles. The van der Waals surface area contributed by atoms with Gasteiger partial charge in [-0.3, -0.25) is 0 Å². The third-order valence-electron chi connectivity index (χ3n) is 5.27. The van der Waals surface area contributed by atoms with Crippen LogP contribution in [0.25, 0.3) is 10.9 Å². The molecule has 0 saturated carbocycles. The third-order valence-corrected chi connectivity index (χ3v) is 5.99. The van der Waals surface area contributed by atoms with Crippen molar-refractivity contribution >= 4 is 22.7 Å². The number of benzene rings is 3. The molecular formula is C25H23F3N2S. The van der Waals surface area contributed by atoms with E-state index >= 15 is 0 Å². The van der Waals surface area contributed by atoms with Crippen LogP contribution in [-0.2, 0) is 25.8 Å². The zero-order valence-corrected chi connectivity index (χ0v) is 17.9. The van der Waals surface area contributed by atoms with Crippen LogP contribution in [-0.4, -0.2) is 10.8 Å². The number of hydrogen-bond donors (Lipinski definition) is 1. The Labute approximate surface area is 184 Å².